The summed E-state index contributed by atoms with van der Waals surface area (Å²) in [6.07, 6.45) is 3.44. The van der Waals surface area contributed by atoms with Gasteiger partial charge in [0, 0.05) is 0 Å². The Bertz CT molecular complexity index is 438. The van der Waals surface area contributed by atoms with Gasteiger partial charge in [-0.2, -0.15) is 0 Å². The fourth-order valence-electron chi connectivity index (χ4n) is 2.02. The molecule has 0 unspecified atom stereocenters. The molecule has 1 aromatic rings. The number of aliphatic hydroxyl groups excluding tert-OH is 1. The lowest BCUT2D eigenvalue weighted by molar-refractivity contribution is 0.0606. The minimum Gasteiger partial charge on any atom is -0.465 e. The number of hydrogen-bond acceptors (Lipinski definition) is 6. The average Bonchev–Trinajstić information content (AvgIpc) is 2.72. The monoisotopic (exact) mass is 290 g/mol. The second-order valence-corrected chi connectivity index (χ2v) is 5.59. The zero-order valence-corrected chi connectivity index (χ0v) is 11.6. The van der Waals surface area contributed by atoms with Crippen molar-refractivity contribution in [2.45, 2.75) is 37.8 Å². The molecule has 0 aliphatic heterocycles. The number of nitrogens with one attached hydrogen (secondary N) is 1. The SMILES string of the molecule is COC(=O)c1sc(N[C@H]2CCCC[C@@H]2O)nc1Cl. The van der Waals surface area contributed by atoms with Crippen LogP contribution in [0.25, 0.3) is 0 Å². The van der Waals surface area contributed by atoms with Crippen LogP contribution in [0.15, 0.2) is 0 Å². The summed E-state index contributed by atoms with van der Waals surface area (Å²) in [6, 6.07) is -0.0218. The highest BCUT2D eigenvalue weighted by atomic mass is 35.5. The van der Waals surface area contributed by atoms with Crippen LogP contribution in [-0.4, -0.2) is 35.3 Å². The third kappa shape index (κ3) is 2.93. The molecule has 100 valence electrons. The van der Waals surface area contributed by atoms with E-state index in [4.69, 9.17) is 11.6 Å². The summed E-state index contributed by atoms with van der Waals surface area (Å²) in [4.78, 5) is 15.7. The first-order valence-corrected chi connectivity index (χ1v) is 7.00. The van der Waals surface area contributed by atoms with Crippen molar-refractivity contribution in [1.82, 2.24) is 4.98 Å². The molecule has 0 aromatic carbocycles. The van der Waals surface area contributed by atoms with Crippen molar-refractivity contribution < 1.29 is 14.6 Å². The van der Waals surface area contributed by atoms with Gasteiger partial charge in [-0.25, -0.2) is 9.78 Å². The Balaban J connectivity index is 2.07. The summed E-state index contributed by atoms with van der Waals surface area (Å²) in [5.74, 6) is -0.491. The van der Waals surface area contributed by atoms with Crippen LogP contribution in [0.1, 0.15) is 35.4 Å². The largest absolute Gasteiger partial charge is 0.465 e. The summed E-state index contributed by atoms with van der Waals surface area (Å²) in [6.45, 7) is 0. The Morgan fingerprint density at radius 3 is 2.94 bits per heavy atom. The van der Waals surface area contributed by atoms with E-state index in [1.54, 1.807) is 0 Å². The van der Waals surface area contributed by atoms with Gasteiger partial charge in [-0.05, 0) is 12.8 Å². The molecule has 2 atom stereocenters. The van der Waals surface area contributed by atoms with Crippen LogP contribution in [0.2, 0.25) is 5.15 Å². The minimum atomic E-state index is -0.491. The van der Waals surface area contributed by atoms with Gasteiger partial charge in [0.1, 0.15) is 0 Å². The van der Waals surface area contributed by atoms with E-state index in [2.05, 4.69) is 15.0 Å². The molecule has 7 heteroatoms. The summed E-state index contributed by atoms with van der Waals surface area (Å²) in [5.41, 5.74) is 0. The fraction of sp³-hybridized carbons (Fsp3) is 0.636. The number of hydrogen-bond donors (Lipinski definition) is 2. The molecule has 1 aromatic heterocycles. The van der Waals surface area contributed by atoms with Gasteiger partial charge in [-0.15, -0.1) is 0 Å². The zero-order valence-electron chi connectivity index (χ0n) is 9.98. The van der Waals surface area contributed by atoms with E-state index >= 15 is 0 Å². The summed E-state index contributed by atoms with van der Waals surface area (Å²) in [7, 11) is 1.30. The van der Waals surface area contributed by atoms with Crippen LogP contribution in [0.4, 0.5) is 5.13 Å². The van der Waals surface area contributed by atoms with E-state index in [0.717, 1.165) is 37.0 Å². The van der Waals surface area contributed by atoms with Gasteiger partial charge in [-0.1, -0.05) is 35.8 Å². The smallest absolute Gasteiger partial charge is 0.351 e. The number of halogens is 1. The third-order valence-corrected chi connectivity index (χ3v) is 4.35. The van der Waals surface area contributed by atoms with Crippen molar-refractivity contribution >= 4 is 34.0 Å². The maximum atomic E-state index is 11.4. The Kier molecular flexibility index (Phi) is 4.42. The van der Waals surface area contributed by atoms with E-state index in [0.29, 0.717) is 5.13 Å². The van der Waals surface area contributed by atoms with E-state index in [9.17, 15) is 9.90 Å². The number of anilines is 1. The molecule has 2 N–H and O–H groups in total. The maximum Gasteiger partial charge on any atom is 0.351 e. The van der Waals surface area contributed by atoms with Crippen molar-refractivity contribution in [3.63, 3.8) is 0 Å². The predicted molar refractivity (Wildman–Crippen MR) is 70.3 cm³/mol. The predicted octanol–water partition coefficient (Wildman–Crippen LogP) is 2.30. The number of carbonyl (C=O) groups excluding carboxylic acids is 1. The van der Waals surface area contributed by atoms with Crippen molar-refractivity contribution in [3.05, 3.63) is 10.0 Å². The van der Waals surface area contributed by atoms with Gasteiger partial charge in [0.05, 0.1) is 19.3 Å². The third-order valence-electron chi connectivity index (χ3n) is 2.99. The summed E-state index contributed by atoms with van der Waals surface area (Å²) in [5, 5.41) is 13.7. The molecule has 1 saturated carbocycles. The first-order valence-electron chi connectivity index (χ1n) is 5.81. The summed E-state index contributed by atoms with van der Waals surface area (Å²) < 4.78 is 4.61. The van der Waals surface area contributed by atoms with Gasteiger partial charge in [0.2, 0.25) is 0 Å². The standard InChI is InChI=1S/C11H15ClN2O3S/c1-17-10(16)8-9(12)14-11(18-8)13-6-4-2-3-5-7(6)15/h6-7,15H,2-5H2,1H3,(H,13,14)/t6-,7-/m0/s1. The Morgan fingerprint density at radius 1 is 1.56 bits per heavy atom. The molecular weight excluding hydrogens is 276 g/mol. The Hall–Kier alpha value is -0.850. The van der Waals surface area contributed by atoms with Gasteiger partial charge in [0.25, 0.3) is 0 Å². The normalized spacial score (nSPS) is 23.7. The number of aromatic nitrogens is 1. The van der Waals surface area contributed by atoms with Crippen molar-refractivity contribution in [3.8, 4) is 0 Å². The first kappa shape index (κ1) is 13.6. The second-order valence-electron chi connectivity index (χ2n) is 4.23. The lowest BCUT2D eigenvalue weighted by atomic mass is 9.93. The van der Waals surface area contributed by atoms with Gasteiger partial charge in [0.15, 0.2) is 15.2 Å². The molecule has 1 heterocycles. The Labute approximate surface area is 114 Å². The molecule has 0 amide bonds. The van der Waals surface area contributed by atoms with Gasteiger partial charge in [-0.3, -0.25) is 0 Å². The van der Waals surface area contributed by atoms with Crippen molar-refractivity contribution in [2.24, 2.45) is 0 Å². The second kappa shape index (κ2) is 5.86. The number of thiazole rings is 1. The van der Waals surface area contributed by atoms with E-state index in [1.807, 2.05) is 0 Å². The number of ether oxygens (including phenoxy) is 1. The molecule has 1 aliphatic rings. The van der Waals surface area contributed by atoms with Crippen molar-refractivity contribution in [2.75, 3.05) is 12.4 Å². The molecule has 1 fully saturated rings. The molecule has 0 saturated heterocycles. The minimum absolute atomic E-state index is 0.0218. The molecule has 0 radical (unpaired) electrons. The van der Waals surface area contributed by atoms with E-state index in [1.165, 1.54) is 7.11 Å². The molecular formula is C11H15ClN2O3S. The highest BCUT2D eigenvalue weighted by Crippen LogP contribution is 2.30. The molecule has 2 rings (SSSR count). The highest BCUT2D eigenvalue weighted by molar-refractivity contribution is 7.18. The fourth-order valence-corrected chi connectivity index (χ4v) is 3.18. The molecule has 18 heavy (non-hydrogen) atoms. The lowest BCUT2D eigenvalue weighted by Gasteiger charge is -2.27. The molecule has 0 bridgehead atoms. The first-order chi connectivity index (χ1) is 8.61. The van der Waals surface area contributed by atoms with E-state index in [-0.39, 0.29) is 22.2 Å². The van der Waals surface area contributed by atoms with E-state index < -0.39 is 5.97 Å². The number of methoxy groups -OCH3 is 1. The van der Waals surface area contributed by atoms with Crippen LogP contribution < -0.4 is 5.32 Å². The number of aliphatic hydroxyl groups is 1. The molecule has 0 spiro atoms. The van der Waals surface area contributed by atoms with Crippen molar-refractivity contribution in [1.29, 1.82) is 0 Å². The molecule has 5 nitrogen and oxygen atoms in total. The van der Waals surface area contributed by atoms with Crippen LogP contribution in [0.3, 0.4) is 0 Å². The number of carbonyl (C=O) groups is 1. The Morgan fingerprint density at radius 2 is 2.28 bits per heavy atom. The van der Waals surface area contributed by atoms with Crippen LogP contribution in [-0.2, 0) is 4.74 Å². The average molecular weight is 291 g/mol. The van der Waals surface area contributed by atoms with Gasteiger partial charge >= 0.3 is 5.97 Å². The zero-order chi connectivity index (χ0) is 13.1. The van der Waals surface area contributed by atoms with Crippen LogP contribution in [0.5, 0.6) is 0 Å². The number of esters is 1. The highest BCUT2D eigenvalue weighted by Gasteiger charge is 2.25. The van der Waals surface area contributed by atoms with Gasteiger partial charge < -0.3 is 15.2 Å². The molecule has 1 aliphatic carbocycles. The van der Waals surface area contributed by atoms with Crippen LogP contribution >= 0.6 is 22.9 Å². The maximum absolute atomic E-state index is 11.4. The quantitative estimate of drug-likeness (QED) is 0.836. The van der Waals surface area contributed by atoms with Crippen LogP contribution in [0, 0.1) is 0 Å². The lowest BCUT2D eigenvalue weighted by Crippen LogP contribution is -2.36. The number of nitrogens with zero attached hydrogens (tertiary/aromatic N) is 1. The topological polar surface area (TPSA) is 71.5 Å². The summed E-state index contributed by atoms with van der Waals surface area (Å²) >= 11 is 7.02. The number of rotatable bonds is 3.